The van der Waals surface area contributed by atoms with Crippen LogP contribution in [0.3, 0.4) is 0 Å². The van der Waals surface area contributed by atoms with Crippen LogP contribution < -0.4 is 5.32 Å². The molecule has 0 aliphatic heterocycles. The topological polar surface area (TPSA) is 98.7 Å². The van der Waals surface area contributed by atoms with Crippen LogP contribution in [0.1, 0.15) is 21.8 Å². The molecule has 0 aliphatic carbocycles. The number of carbonyl (C=O) groups is 1. The van der Waals surface area contributed by atoms with Gasteiger partial charge in [0.15, 0.2) is 5.69 Å². The first-order valence-corrected chi connectivity index (χ1v) is 8.40. The van der Waals surface area contributed by atoms with Crippen molar-refractivity contribution < 1.29 is 13.7 Å². The maximum atomic E-state index is 13.0. The van der Waals surface area contributed by atoms with Gasteiger partial charge < -0.3 is 9.84 Å². The van der Waals surface area contributed by atoms with Crippen LogP contribution in [-0.2, 0) is 0 Å². The molecule has 0 saturated carbocycles. The number of anilines is 1. The second kappa shape index (κ2) is 7.03. The number of aromatic nitrogens is 5. The van der Waals surface area contributed by atoms with Gasteiger partial charge in [-0.1, -0.05) is 16.4 Å². The lowest BCUT2D eigenvalue weighted by Gasteiger charge is -2.04. The van der Waals surface area contributed by atoms with Crippen molar-refractivity contribution in [3.05, 3.63) is 71.5 Å². The van der Waals surface area contributed by atoms with Crippen LogP contribution >= 0.6 is 0 Å². The van der Waals surface area contributed by atoms with Crippen LogP contribution in [0.15, 0.2) is 53.2 Å². The summed E-state index contributed by atoms with van der Waals surface area (Å²) in [6, 6.07) is 11.5. The van der Waals surface area contributed by atoms with E-state index in [2.05, 4.69) is 25.8 Å². The van der Waals surface area contributed by atoms with Crippen LogP contribution in [0.5, 0.6) is 0 Å². The number of amides is 1. The minimum absolute atomic E-state index is 0.124. The van der Waals surface area contributed by atoms with E-state index in [0.717, 1.165) is 11.1 Å². The monoisotopic (exact) mass is 378 g/mol. The largest absolute Gasteiger partial charge is 0.328 e. The summed E-state index contributed by atoms with van der Waals surface area (Å²) in [6.07, 6.45) is 1.56. The predicted octanol–water partition coefficient (Wildman–Crippen LogP) is 3.33. The van der Waals surface area contributed by atoms with Gasteiger partial charge in [-0.25, -0.2) is 9.07 Å². The van der Waals surface area contributed by atoms with Crippen LogP contribution in [0.4, 0.5) is 10.1 Å². The van der Waals surface area contributed by atoms with Crippen molar-refractivity contribution in [3.63, 3.8) is 0 Å². The van der Waals surface area contributed by atoms with Crippen LogP contribution in [0, 0.1) is 19.7 Å². The second-order valence-corrected chi connectivity index (χ2v) is 6.28. The zero-order valence-electron chi connectivity index (χ0n) is 15.0. The van der Waals surface area contributed by atoms with Gasteiger partial charge in [0.05, 0.1) is 11.9 Å². The minimum atomic E-state index is -0.519. The molecule has 0 fully saturated rings. The third-order valence-electron chi connectivity index (χ3n) is 3.91. The summed E-state index contributed by atoms with van der Waals surface area (Å²) >= 11 is 0. The maximum absolute atomic E-state index is 13.0. The Kier molecular flexibility index (Phi) is 4.40. The van der Waals surface area contributed by atoms with Crippen LogP contribution in [0.25, 0.3) is 17.2 Å². The average molecular weight is 378 g/mol. The molecule has 1 N–H and O–H groups in total. The first kappa shape index (κ1) is 17.5. The van der Waals surface area contributed by atoms with Crippen molar-refractivity contribution in [1.29, 1.82) is 0 Å². The van der Waals surface area contributed by atoms with Crippen molar-refractivity contribution in [3.8, 4) is 17.2 Å². The molecule has 0 atom stereocenters. The van der Waals surface area contributed by atoms with Crippen LogP contribution in [0.2, 0.25) is 0 Å². The Labute approximate surface area is 159 Å². The minimum Gasteiger partial charge on any atom is -0.328 e. The summed E-state index contributed by atoms with van der Waals surface area (Å²) in [4.78, 5) is 16.4. The molecule has 0 unspecified atom stereocenters. The molecule has 8 nitrogen and oxygen atoms in total. The zero-order chi connectivity index (χ0) is 19.7. The van der Waals surface area contributed by atoms with Crippen LogP contribution in [-0.4, -0.2) is 31.0 Å². The lowest BCUT2D eigenvalue weighted by molar-refractivity contribution is 0.0981. The van der Waals surface area contributed by atoms with Gasteiger partial charge in [0.1, 0.15) is 5.82 Å². The number of benzene rings is 2. The van der Waals surface area contributed by atoms with Gasteiger partial charge in [-0.2, -0.15) is 4.98 Å². The molecular weight excluding hydrogens is 363 g/mol. The van der Waals surface area contributed by atoms with Gasteiger partial charge in [-0.15, -0.1) is 5.10 Å². The number of nitrogens with one attached hydrogen (secondary N) is 1. The van der Waals surface area contributed by atoms with E-state index >= 15 is 0 Å². The number of hydrogen-bond acceptors (Lipinski definition) is 6. The van der Waals surface area contributed by atoms with Crippen molar-refractivity contribution in [1.82, 2.24) is 25.1 Å². The van der Waals surface area contributed by atoms with E-state index in [9.17, 15) is 9.18 Å². The molecule has 9 heteroatoms. The predicted molar refractivity (Wildman–Crippen MR) is 98.5 cm³/mol. The molecule has 0 spiro atoms. The zero-order valence-corrected chi connectivity index (χ0v) is 15.0. The van der Waals surface area contributed by atoms with E-state index in [1.54, 1.807) is 18.3 Å². The summed E-state index contributed by atoms with van der Waals surface area (Å²) in [5.41, 5.74) is 3.64. The number of aryl methyl sites for hydroxylation is 2. The number of halogens is 1. The summed E-state index contributed by atoms with van der Waals surface area (Å²) < 4.78 is 19.5. The lowest BCUT2D eigenvalue weighted by Crippen LogP contribution is -2.12. The fourth-order valence-electron chi connectivity index (χ4n) is 2.74. The summed E-state index contributed by atoms with van der Waals surface area (Å²) in [7, 11) is 0. The van der Waals surface area contributed by atoms with Gasteiger partial charge >= 0.3 is 11.8 Å². The molecule has 0 radical (unpaired) electrons. The molecule has 4 aromatic rings. The summed E-state index contributed by atoms with van der Waals surface area (Å²) in [5.74, 6) is -0.930. The summed E-state index contributed by atoms with van der Waals surface area (Å²) in [5, 5.41) is 14.4. The Morgan fingerprint density at radius 2 is 1.82 bits per heavy atom. The molecule has 0 aliphatic rings. The molecule has 0 saturated heterocycles. The highest BCUT2D eigenvalue weighted by molar-refractivity contribution is 6.01. The molecule has 1 amide bonds. The van der Waals surface area contributed by atoms with Crippen molar-refractivity contribution in [2.24, 2.45) is 0 Å². The Hall–Kier alpha value is -3.88. The normalized spacial score (nSPS) is 10.8. The Bertz CT molecular complexity index is 1130. The fourth-order valence-corrected chi connectivity index (χ4v) is 2.74. The molecule has 4 rings (SSSR count). The van der Waals surface area contributed by atoms with E-state index in [4.69, 9.17) is 4.52 Å². The van der Waals surface area contributed by atoms with Crippen molar-refractivity contribution >= 4 is 11.6 Å². The fraction of sp³-hybridized carbons (Fsp3) is 0.105. The first-order valence-electron chi connectivity index (χ1n) is 8.40. The Balaban J connectivity index is 1.52. The summed E-state index contributed by atoms with van der Waals surface area (Å²) in [6.45, 7) is 3.88. The molecule has 140 valence electrons. The first-order chi connectivity index (χ1) is 13.5. The molecule has 2 aromatic carbocycles. The van der Waals surface area contributed by atoms with Gasteiger partial charge in [-0.05, 0) is 61.4 Å². The quantitative estimate of drug-likeness (QED) is 0.585. The maximum Gasteiger partial charge on any atom is 0.316 e. The highest BCUT2D eigenvalue weighted by atomic mass is 19.1. The lowest BCUT2D eigenvalue weighted by atomic mass is 10.1. The van der Waals surface area contributed by atoms with Gasteiger partial charge in [0, 0.05) is 5.69 Å². The van der Waals surface area contributed by atoms with E-state index < -0.39 is 5.91 Å². The Morgan fingerprint density at radius 1 is 1.11 bits per heavy atom. The van der Waals surface area contributed by atoms with Crippen molar-refractivity contribution in [2.75, 3.05) is 5.32 Å². The van der Waals surface area contributed by atoms with Crippen molar-refractivity contribution in [2.45, 2.75) is 13.8 Å². The smallest absolute Gasteiger partial charge is 0.316 e. The average Bonchev–Trinajstić information content (AvgIpc) is 3.31. The standard InChI is InChI=1S/C19H15FN6O2/c1-11-7-12(2)9-14(8-11)21-18(27)19-22-17(24-28-19)16-10-26(25-23-16)15-5-3-13(20)4-6-15/h3-10H,1-2H3,(H,21,27). The molecule has 28 heavy (non-hydrogen) atoms. The number of hydrogen-bond donors (Lipinski definition) is 1. The number of nitrogens with zero attached hydrogens (tertiary/aromatic N) is 5. The van der Waals surface area contributed by atoms with E-state index in [-0.39, 0.29) is 17.5 Å². The number of rotatable bonds is 4. The molecule has 2 aromatic heterocycles. The van der Waals surface area contributed by atoms with Gasteiger partial charge in [0.2, 0.25) is 5.82 Å². The number of carbonyl (C=O) groups excluding carboxylic acids is 1. The Morgan fingerprint density at radius 3 is 2.54 bits per heavy atom. The highest BCUT2D eigenvalue weighted by Gasteiger charge is 2.18. The highest BCUT2D eigenvalue weighted by Crippen LogP contribution is 2.17. The second-order valence-electron chi connectivity index (χ2n) is 6.28. The van der Waals surface area contributed by atoms with Gasteiger partial charge in [0.25, 0.3) is 0 Å². The third-order valence-corrected chi connectivity index (χ3v) is 3.91. The molecular formula is C19H15FN6O2. The van der Waals surface area contributed by atoms with E-state index in [0.29, 0.717) is 17.1 Å². The van der Waals surface area contributed by atoms with Gasteiger partial charge in [-0.3, -0.25) is 4.79 Å². The van der Waals surface area contributed by atoms with E-state index in [1.165, 1.54) is 16.8 Å². The SMILES string of the molecule is Cc1cc(C)cc(NC(=O)c2nc(-c3cn(-c4ccc(F)cc4)nn3)no2)c1. The van der Waals surface area contributed by atoms with E-state index in [1.807, 2.05) is 32.0 Å². The molecule has 2 heterocycles. The molecule has 0 bridgehead atoms. The third kappa shape index (κ3) is 3.63.